The second kappa shape index (κ2) is 10.5. The maximum Gasteiger partial charge on any atom is 0.225 e. The average molecular weight is 388 g/mol. The number of hydrogen-bond donors (Lipinski definition) is 3. The summed E-state index contributed by atoms with van der Waals surface area (Å²) in [7, 11) is -3.12. The topological polar surface area (TPSA) is 107 Å². The Balaban J connectivity index is 0.00000163. The molecule has 26 heavy (non-hydrogen) atoms. The molecule has 2 heterocycles. The summed E-state index contributed by atoms with van der Waals surface area (Å²) in [5.41, 5.74) is 0. The van der Waals surface area contributed by atoms with E-state index in [1.165, 1.54) is 16.8 Å². The van der Waals surface area contributed by atoms with Gasteiger partial charge in [0.05, 0.1) is 12.5 Å². The smallest absolute Gasteiger partial charge is 0.225 e. The monoisotopic (exact) mass is 387 g/mol. The molecule has 0 aliphatic carbocycles. The van der Waals surface area contributed by atoms with Crippen LogP contribution in [0.2, 0.25) is 0 Å². The highest BCUT2D eigenvalue weighted by Gasteiger charge is 2.25. The van der Waals surface area contributed by atoms with E-state index in [4.69, 9.17) is 0 Å². The Morgan fingerprint density at radius 2 is 1.85 bits per heavy atom. The maximum atomic E-state index is 11.5. The lowest BCUT2D eigenvalue weighted by Gasteiger charge is -2.30. The van der Waals surface area contributed by atoms with Crippen molar-refractivity contribution in [2.45, 2.75) is 65.5 Å². The molecule has 3 N–H and O–H groups in total. The molecule has 1 saturated heterocycles. The molecule has 8 nitrogen and oxygen atoms in total. The van der Waals surface area contributed by atoms with Crippen LogP contribution < -0.4 is 10.6 Å². The van der Waals surface area contributed by atoms with E-state index >= 15 is 0 Å². The van der Waals surface area contributed by atoms with Gasteiger partial charge in [-0.2, -0.15) is 4.98 Å². The SMILES string of the molecule is CC.CCC(CC)Nc1nc(NC2CCN(S(C)(=O)=O)CC2)ncc1O. The number of nitrogens with zero attached hydrogens (tertiary/aromatic N) is 3. The molecule has 0 amide bonds. The molecule has 0 saturated carbocycles. The van der Waals surface area contributed by atoms with Gasteiger partial charge in [0.25, 0.3) is 0 Å². The number of nitrogens with one attached hydrogen (secondary N) is 2. The highest BCUT2D eigenvalue weighted by Crippen LogP contribution is 2.24. The minimum Gasteiger partial charge on any atom is -0.503 e. The Bertz CT molecular complexity index is 642. The molecule has 0 spiro atoms. The highest BCUT2D eigenvalue weighted by molar-refractivity contribution is 7.88. The lowest BCUT2D eigenvalue weighted by atomic mass is 10.1. The van der Waals surface area contributed by atoms with Gasteiger partial charge in [-0.25, -0.2) is 17.7 Å². The number of rotatable bonds is 7. The predicted molar refractivity (Wildman–Crippen MR) is 106 cm³/mol. The van der Waals surface area contributed by atoms with Gasteiger partial charge in [-0.1, -0.05) is 27.7 Å². The number of sulfonamides is 1. The molecule has 1 aliphatic heterocycles. The third-order valence-electron chi connectivity index (χ3n) is 4.35. The van der Waals surface area contributed by atoms with Gasteiger partial charge in [0.15, 0.2) is 11.6 Å². The molecule has 0 aromatic carbocycles. The summed E-state index contributed by atoms with van der Waals surface area (Å²) in [6.07, 6.45) is 5.89. The molecule has 0 bridgehead atoms. The van der Waals surface area contributed by atoms with Crippen molar-refractivity contribution in [3.8, 4) is 5.75 Å². The van der Waals surface area contributed by atoms with Crippen LogP contribution in [0.15, 0.2) is 6.20 Å². The summed E-state index contributed by atoms with van der Waals surface area (Å²) in [5.74, 6) is 0.896. The van der Waals surface area contributed by atoms with Crippen molar-refractivity contribution < 1.29 is 13.5 Å². The minimum absolute atomic E-state index is 0.0272. The van der Waals surface area contributed by atoms with Gasteiger partial charge in [-0.3, -0.25) is 0 Å². The third-order valence-corrected chi connectivity index (χ3v) is 5.66. The molecule has 0 atom stereocenters. The van der Waals surface area contributed by atoms with Gasteiger partial charge in [0.1, 0.15) is 0 Å². The van der Waals surface area contributed by atoms with E-state index in [1.807, 2.05) is 13.8 Å². The minimum atomic E-state index is -3.12. The van der Waals surface area contributed by atoms with E-state index in [0.717, 1.165) is 12.8 Å². The van der Waals surface area contributed by atoms with E-state index in [0.29, 0.717) is 37.7 Å². The summed E-state index contributed by atoms with van der Waals surface area (Å²) in [6, 6.07) is 0.366. The molecule has 1 fully saturated rings. The first-order chi connectivity index (χ1) is 12.3. The zero-order valence-corrected chi connectivity index (χ0v) is 17.3. The molecular formula is C17H33N5O3S. The van der Waals surface area contributed by atoms with Gasteiger partial charge < -0.3 is 15.7 Å². The molecule has 9 heteroatoms. The molecule has 0 unspecified atom stereocenters. The normalized spacial score (nSPS) is 16.1. The van der Waals surface area contributed by atoms with Crippen molar-refractivity contribution in [3.05, 3.63) is 6.20 Å². The largest absolute Gasteiger partial charge is 0.503 e. The number of hydrogen-bond acceptors (Lipinski definition) is 7. The first kappa shape index (κ1) is 22.4. The van der Waals surface area contributed by atoms with E-state index < -0.39 is 10.0 Å². The van der Waals surface area contributed by atoms with Gasteiger partial charge in [-0.05, 0) is 25.7 Å². The summed E-state index contributed by atoms with van der Waals surface area (Å²) < 4.78 is 24.6. The Morgan fingerprint density at radius 3 is 2.35 bits per heavy atom. The van der Waals surface area contributed by atoms with Crippen LogP contribution in [-0.2, 0) is 10.0 Å². The van der Waals surface area contributed by atoms with Gasteiger partial charge >= 0.3 is 0 Å². The van der Waals surface area contributed by atoms with Crippen LogP contribution >= 0.6 is 0 Å². The molecule has 0 radical (unpaired) electrons. The van der Waals surface area contributed by atoms with Crippen LogP contribution in [0.5, 0.6) is 5.75 Å². The van der Waals surface area contributed by atoms with Crippen molar-refractivity contribution in [3.63, 3.8) is 0 Å². The first-order valence-corrected chi connectivity index (χ1v) is 11.2. The van der Waals surface area contributed by atoms with Crippen LogP contribution in [0, 0.1) is 0 Å². The molecule has 1 aliphatic rings. The third kappa shape index (κ3) is 6.60. The van der Waals surface area contributed by atoms with E-state index in [1.54, 1.807) is 0 Å². The molecule has 1 aromatic rings. The van der Waals surface area contributed by atoms with Crippen LogP contribution in [-0.4, -0.2) is 59.2 Å². The van der Waals surface area contributed by atoms with Crippen LogP contribution in [0.25, 0.3) is 0 Å². The Morgan fingerprint density at radius 1 is 1.27 bits per heavy atom. The molecule has 2 rings (SSSR count). The average Bonchev–Trinajstić information content (AvgIpc) is 2.63. The number of anilines is 2. The van der Waals surface area contributed by atoms with Crippen LogP contribution in [0.4, 0.5) is 11.8 Å². The first-order valence-electron chi connectivity index (χ1n) is 9.37. The lowest BCUT2D eigenvalue weighted by molar-refractivity contribution is 0.331. The Labute approximate surface area is 157 Å². The zero-order chi connectivity index (χ0) is 19.7. The number of piperidine rings is 1. The van der Waals surface area contributed by atoms with Crippen molar-refractivity contribution in [2.75, 3.05) is 30.0 Å². The Kier molecular flexibility index (Phi) is 9.07. The predicted octanol–water partition coefficient (Wildman–Crippen LogP) is 2.64. The highest BCUT2D eigenvalue weighted by atomic mass is 32.2. The second-order valence-corrected chi connectivity index (χ2v) is 8.15. The summed E-state index contributed by atoms with van der Waals surface area (Å²) in [6.45, 7) is 9.14. The fourth-order valence-electron chi connectivity index (χ4n) is 2.75. The van der Waals surface area contributed by atoms with Crippen molar-refractivity contribution in [1.82, 2.24) is 14.3 Å². The lowest BCUT2D eigenvalue weighted by Crippen LogP contribution is -2.42. The molecule has 150 valence electrons. The van der Waals surface area contributed by atoms with Crippen molar-refractivity contribution in [1.29, 1.82) is 0 Å². The molecule has 1 aromatic heterocycles. The van der Waals surface area contributed by atoms with Crippen molar-refractivity contribution in [2.24, 2.45) is 0 Å². The molecular weight excluding hydrogens is 354 g/mol. The van der Waals surface area contributed by atoms with Gasteiger partial charge in [-0.15, -0.1) is 0 Å². The Hall–Kier alpha value is -1.61. The van der Waals surface area contributed by atoms with Gasteiger partial charge in [0, 0.05) is 25.2 Å². The summed E-state index contributed by atoms with van der Waals surface area (Å²) >= 11 is 0. The second-order valence-electron chi connectivity index (χ2n) is 6.17. The zero-order valence-electron chi connectivity index (χ0n) is 16.5. The standard InChI is InChI=1S/C15H27N5O3S.C2H6/c1-4-11(5-2)17-14-13(21)10-16-15(19-14)18-12-6-8-20(9-7-12)24(3,22)23;1-2/h10-12,21H,4-9H2,1-3H3,(H2,16,17,18,19);1-2H3. The van der Waals surface area contributed by atoms with E-state index in [2.05, 4.69) is 34.4 Å². The summed E-state index contributed by atoms with van der Waals surface area (Å²) in [4.78, 5) is 8.47. The van der Waals surface area contributed by atoms with Gasteiger partial charge in [0.2, 0.25) is 16.0 Å². The fraction of sp³-hybridized carbons (Fsp3) is 0.765. The van der Waals surface area contributed by atoms with Crippen molar-refractivity contribution >= 4 is 21.8 Å². The van der Waals surface area contributed by atoms with E-state index in [-0.39, 0.29) is 17.8 Å². The fourth-order valence-corrected chi connectivity index (χ4v) is 3.63. The number of aromatic hydroxyl groups is 1. The van der Waals surface area contributed by atoms with Crippen LogP contribution in [0.1, 0.15) is 53.4 Å². The summed E-state index contributed by atoms with van der Waals surface area (Å²) in [5, 5.41) is 16.4. The quantitative estimate of drug-likeness (QED) is 0.660. The maximum absolute atomic E-state index is 11.5. The van der Waals surface area contributed by atoms with Crippen LogP contribution in [0.3, 0.4) is 0 Å². The van der Waals surface area contributed by atoms with E-state index in [9.17, 15) is 13.5 Å². The number of aromatic nitrogens is 2.